The first-order valence-electron chi connectivity index (χ1n) is 8.24. The highest BCUT2D eigenvalue weighted by molar-refractivity contribution is 7.92. The Hall–Kier alpha value is -2.53. The molecule has 2 aliphatic rings. The van der Waals surface area contributed by atoms with E-state index in [-0.39, 0.29) is 5.95 Å². The SMILES string of the molecule is CS(=O)(=O)N1CCc2c(-c3ccnc(N)n3)nc(N3CCOCC3)nc21. The Kier molecular flexibility index (Phi) is 4.11. The first-order chi connectivity index (χ1) is 12.4. The zero-order valence-corrected chi connectivity index (χ0v) is 15.1. The average Bonchev–Trinajstić information content (AvgIpc) is 3.06. The molecule has 0 unspecified atom stereocenters. The second-order valence-electron chi connectivity index (χ2n) is 6.16. The lowest BCUT2D eigenvalue weighted by molar-refractivity contribution is 0.122. The summed E-state index contributed by atoms with van der Waals surface area (Å²) in [6, 6.07) is 1.71. The minimum absolute atomic E-state index is 0.140. The van der Waals surface area contributed by atoms with Crippen LogP contribution in [0.25, 0.3) is 11.4 Å². The molecule has 0 amide bonds. The Morgan fingerprint density at radius 1 is 1.15 bits per heavy atom. The Morgan fingerprint density at radius 3 is 2.62 bits per heavy atom. The zero-order chi connectivity index (χ0) is 18.3. The van der Waals surface area contributed by atoms with E-state index >= 15 is 0 Å². The average molecular weight is 377 g/mol. The number of aromatic nitrogens is 4. The van der Waals surface area contributed by atoms with Gasteiger partial charge < -0.3 is 15.4 Å². The second-order valence-corrected chi connectivity index (χ2v) is 8.07. The largest absolute Gasteiger partial charge is 0.378 e. The summed E-state index contributed by atoms with van der Waals surface area (Å²) in [6.45, 7) is 2.77. The lowest BCUT2D eigenvalue weighted by Gasteiger charge is -2.28. The molecule has 138 valence electrons. The van der Waals surface area contributed by atoms with Crippen molar-refractivity contribution >= 4 is 27.7 Å². The molecule has 2 aromatic rings. The highest BCUT2D eigenvalue weighted by atomic mass is 32.2. The number of fused-ring (bicyclic) bond motifs is 1. The smallest absolute Gasteiger partial charge is 0.233 e. The quantitative estimate of drug-likeness (QED) is 0.765. The van der Waals surface area contributed by atoms with E-state index in [4.69, 9.17) is 10.5 Å². The van der Waals surface area contributed by atoms with Gasteiger partial charge in [0.05, 0.1) is 30.9 Å². The van der Waals surface area contributed by atoms with Gasteiger partial charge in [-0.25, -0.2) is 23.4 Å². The van der Waals surface area contributed by atoms with Crippen molar-refractivity contribution in [3.8, 4) is 11.4 Å². The van der Waals surface area contributed by atoms with E-state index < -0.39 is 10.0 Å². The maximum atomic E-state index is 12.2. The lowest BCUT2D eigenvalue weighted by atomic mass is 10.1. The van der Waals surface area contributed by atoms with Crippen LogP contribution in [0.5, 0.6) is 0 Å². The summed E-state index contributed by atoms with van der Waals surface area (Å²) in [5, 5.41) is 0. The van der Waals surface area contributed by atoms with E-state index in [1.807, 2.05) is 4.90 Å². The molecular weight excluding hydrogens is 358 g/mol. The number of nitrogens with zero attached hydrogens (tertiary/aromatic N) is 6. The van der Waals surface area contributed by atoms with Crippen LogP contribution in [0.1, 0.15) is 5.56 Å². The summed E-state index contributed by atoms with van der Waals surface area (Å²) in [4.78, 5) is 19.4. The van der Waals surface area contributed by atoms with Gasteiger partial charge in [-0.05, 0) is 12.5 Å². The van der Waals surface area contributed by atoms with Crippen LogP contribution in [0.2, 0.25) is 0 Å². The molecule has 26 heavy (non-hydrogen) atoms. The Morgan fingerprint density at radius 2 is 1.92 bits per heavy atom. The molecule has 0 aromatic carbocycles. The van der Waals surface area contributed by atoms with Crippen molar-refractivity contribution in [1.82, 2.24) is 19.9 Å². The fourth-order valence-corrected chi connectivity index (χ4v) is 4.05. The molecule has 4 heterocycles. The van der Waals surface area contributed by atoms with Gasteiger partial charge in [0.1, 0.15) is 0 Å². The summed E-state index contributed by atoms with van der Waals surface area (Å²) in [7, 11) is -3.43. The summed E-state index contributed by atoms with van der Waals surface area (Å²) in [5.41, 5.74) is 7.63. The van der Waals surface area contributed by atoms with Crippen LogP contribution in [0.3, 0.4) is 0 Å². The van der Waals surface area contributed by atoms with Gasteiger partial charge in [-0.15, -0.1) is 0 Å². The van der Waals surface area contributed by atoms with E-state index in [1.54, 1.807) is 12.3 Å². The highest BCUT2D eigenvalue weighted by Crippen LogP contribution is 2.36. The lowest BCUT2D eigenvalue weighted by Crippen LogP contribution is -2.38. The van der Waals surface area contributed by atoms with Crippen LogP contribution in [-0.4, -0.2) is 67.5 Å². The van der Waals surface area contributed by atoms with Crippen molar-refractivity contribution in [1.29, 1.82) is 0 Å². The molecule has 0 saturated carbocycles. The monoisotopic (exact) mass is 377 g/mol. The van der Waals surface area contributed by atoms with Crippen molar-refractivity contribution in [3.63, 3.8) is 0 Å². The molecule has 0 aliphatic carbocycles. The maximum Gasteiger partial charge on any atom is 0.233 e. The number of sulfonamides is 1. The van der Waals surface area contributed by atoms with Gasteiger partial charge in [0.15, 0.2) is 5.82 Å². The van der Waals surface area contributed by atoms with Crippen LogP contribution in [-0.2, 0) is 21.2 Å². The van der Waals surface area contributed by atoms with Crippen LogP contribution in [0, 0.1) is 0 Å². The molecule has 0 atom stereocenters. The topological polar surface area (TPSA) is 127 Å². The molecular formula is C15H19N7O3S. The molecule has 2 aliphatic heterocycles. The standard InChI is InChI=1S/C15H19N7O3S/c1-26(23,24)22-5-3-10-12(11-2-4-17-14(16)18-11)19-15(20-13(10)22)21-6-8-25-9-7-21/h2,4H,3,5-9H2,1H3,(H2,16,17,18). The molecule has 0 spiro atoms. The predicted molar refractivity (Wildman–Crippen MR) is 96.4 cm³/mol. The Bertz CT molecular complexity index is 944. The molecule has 1 saturated heterocycles. The van der Waals surface area contributed by atoms with Gasteiger partial charge in [0, 0.05) is 31.4 Å². The minimum atomic E-state index is -3.43. The van der Waals surface area contributed by atoms with E-state index in [0.29, 0.717) is 62.4 Å². The second kappa shape index (κ2) is 6.32. The van der Waals surface area contributed by atoms with E-state index in [1.165, 1.54) is 10.6 Å². The number of anilines is 3. The molecule has 0 bridgehead atoms. The van der Waals surface area contributed by atoms with E-state index in [9.17, 15) is 8.42 Å². The number of rotatable bonds is 3. The van der Waals surface area contributed by atoms with Crippen molar-refractivity contribution in [3.05, 3.63) is 17.8 Å². The number of hydrogen-bond donors (Lipinski definition) is 1. The van der Waals surface area contributed by atoms with Crippen LogP contribution in [0.4, 0.5) is 17.7 Å². The van der Waals surface area contributed by atoms with Crippen LogP contribution in [0.15, 0.2) is 12.3 Å². The first kappa shape index (κ1) is 16.9. The zero-order valence-electron chi connectivity index (χ0n) is 14.3. The maximum absolute atomic E-state index is 12.2. The summed E-state index contributed by atoms with van der Waals surface area (Å²) in [5.74, 6) is 1.02. The highest BCUT2D eigenvalue weighted by Gasteiger charge is 2.33. The Balaban J connectivity index is 1.89. The number of nitrogen functional groups attached to an aromatic ring is 1. The third-order valence-electron chi connectivity index (χ3n) is 4.39. The third kappa shape index (κ3) is 3.03. The van der Waals surface area contributed by atoms with E-state index in [0.717, 1.165) is 5.56 Å². The van der Waals surface area contributed by atoms with Gasteiger partial charge in [0.2, 0.25) is 21.9 Å². The fraction of sp³-hybridized carbons (Fsp3) is 0.467. The van der Waals surface area contributed by atoms with Crippen molar-refractivity contribution < 1.29 is 13.2 Å². The van der Waals surface area contributed by atoms with Crippen molar-refractivity contribution in [2.45, 2.75) is 6.42 Å². The number of morpholine rings is 1. The molecule has 11 heteroatoms. The molecule has 1 fully saturated rings. The number of hydrogen-bond acceptors (Lipinski definition) is 9. The van der Waals surface area contributed by atoms with Crippen LogP contribution < -0.4 is 14.9 Å². The molecule has 0 radical (unpaired) electrons. The van der Waals surface area contributed by atoms with Gasteiger partial charge in [-0.2, -0.15) is 4.98 Å². The first-order valence-corrected chi connectivity index (χ1v) is 10.1. The van der Waals surface area contributed by atoms with Gasteiger partial charge in [-0.3, -0.25) is 4.31 Å². The Labute approximate surface area is 151 Å². The number of nitrogens with two attached hydrogens (primary N) is 1. The summed E-state index contributed by atoms with van der Waals surface area (Å²) < 4.78 is 31.0. The van der Waals surface area contributed by atoms with Gasteiger partial charge in [0.25, 0.3) is 0 Å². The predicted octanol–water partition coefficient (Wildman–Crippen LogP) is -0.325. The molecule has 2 aromatic heterocycles. The fourth-order valence-electron chi connectivity index (χ4n) is 3.16. The van der Waals surface area contributed by atoms with E-state index in [2.05, 4.69) is 19.9 Å². The van der Waals surface area contributed by atoms with Gasteiger partial charge in [-0.1, -0.05) is 0 Å². The minimum Gasteiger partial charge on any atom is -0.378 e. The molecule has 10 nitrogen and oxygen atoms in total. The van der Waals surface area contributed by atoms with Crippen molar-refractivity contribution in [2.75, 3.05) is 54.0 Å². The molecule has 4 rings (SSSR count). The van der Waals surface area contributed by atoms with Gasteiger partial charge >= 0.3 is 0 Å². The third-order valence-corrected chi connectivity index (χ3v) is 5.54. The molecule has 2 N–H and O–H groups in total. The number of ether oxygens (including phenoxy) is 1. The summed E-state index contributed by atoms with van der Waals surface area (Å²) >= 11 is 0. The summed E-state index contributed by atoms with van der Waals surface area (Å²) in [6.07, 6.45) is 3.26. The normalized spacial score (nSPS) is 17.4. The van der Waals surface area contributed by atoms with Crippen molar-refractivity contribution in [2.24, 2.45) is 0 Å². The van der Waals surface area contributed by atoms with Crippen LogP contribution >= 0.6 is 0 Å².